The van der Waals surface area contributed by atoms with Gasteiger partial charge in [-0.05, 0) is 35.4 Å². The summed E-state index contributed by atoms with van der Waals surface area (Å²) in [7, 11) is 0. The highest BCUT2D eigenvalue weighted by Gasteiger charge is 2.26. The van der Waals surface area contributed by atoms with Crippen molar-refractivity contribution in [1.29, 1.82) is 0 Å². The smallest absolute Gasteiger partial charge is 0.156 e. The number of aliphatic hydroxyl groups is 1. The number of aliphatic hydroxyl groups excluding tert-OH is 1. The lowest BCUT2D eigenvalue weighted by molar-refractivity contribution is 0.174. The SMILES string of the molecule is C[C@H](CO)COc1ccc(C(C)(C)c2cc(Cl)c(OC[C@@H](C)CCl)c(Cl)c2)cc1. The first-order valence-corrected chi connectivity index (χ1v) is 11.0. The molecule has 6 heteroatoms. The third-order valence-corrected chi connectivity index (χ3v) is 6.01. The maximum atomic E-state index is 9.11. The van der Waals surface area contributed by atoms with Gasteiger partial charge in [0.1, 0.15) is 5.75 Å². The van der Waals surface area contributed by atoms with Crippen LogP contribution in [0.4, 0.5) is 0 Å². The fraction of sp³-hybridized carbons (Fsp3) is 0.478. The summed E-state index contributed by atoms with van der Waals surface area (Å²) in [5.74, 6) is 2.09. The molecule has 2 aromatic rings. The molecule has 0 spiro atoms. The summed E-state index contributed by atoms with van der Waals surface area (Å²) in [4.78, 5) is 0. The molecule has 3 nitrogen and oxygen atoms in total. The molecule has 0 aliphatic rings. The van der Waals surface area contributed by atoms with Crippen LogP contribution in [-0.4, -0.2) is 30.8 Å². The lowest BCUT2D eigenvalue weighted by Crippen LogP contribution is -2.19. The van der Waals surface area contributed by atoms with Crippen LogP contribution in [0.2, 0.25) is 10.0 Å². The average molecular weight is 460 g/mol. The van der Waals surface area contributed by atoms with E-state index < -0.39 is 0 Å². The molecule has 2 rings (SSSR count). The van der Waals surface area contributed by atoms with Gasteiger partial charge in [-0.25, -0.2) is 0 Å². The minimum Gasteiger partial charge on any atom is -0.493 e. The number of halogens is 3. The molecule has 0 fully saturated rings. The summed E-state index contributed by atoms with van der Waals surface area (Å²) in [6.07, 6.45) is 0. The molecule has 1 N–H and O–H groups in total. The highest BCUT2D eigenvalue weighted by Crippen LogP contribution is 2.40. The maximum absolute atomic E-state index is 9.11. The Morgan fingerprint density at radius 1 is 0.897 bits per heavy atom. The van der Waals surface area contributed by atoms with Gasteiger partial charge in [-0.3, -0.25) is 0 Å². The molecule has 0 heterocycles. The Hall–Kier alpha value is -1.13. The summed E-state index contributed by atoms with van der Waals surface area (Å²) in [6.45, 7) is 9.23. The summed E-state index contributed by atoms with van der Waals surface area (Å²) < 4.78 is 11.5. The molecule has 0 aliphatic carbocycles. The van der Waals surface area contributed by atoms with Gasteiger partial charge in [-0.15, -0.1) is 11.6 Å². The van der Waals surface area contributed by atoms with Crippen molar-refractivity contribution in [3.05, 3.63) is 57.6 Å². The Morgan fingerprint density at radius 3 is 1.97 bits per heavy atom. The Balaban J connectivity index is 2.19. The van der Waals surface area contributed by atoms with Gasteiger partial charge < -0.3 is 14.6 Å². The van der Waals surface area contributed by atoms with Crippen molar-refractivity contribution in [1.82, 2.24) is 0 Å². The van der Waals surface area contributed by atoms with E-state index in [0.29, 0.717) is 34.9 Å². The minimum atomic E-state index is -0.313. The topological polar surface area (TPSA) is 38.7 Å². The molecule has 2 aromatic carbocycles. The lowest BCUT2D eigenvalue weighted by atomic mass is 9.78. The first-order chi connectivity index (χ1) is 13.7. The Morgan fingerprint density at radius 2 is 1.45 bits per heavy atom. The van der Waals surface area contributed by atoms with Gasteiger partial charge in [0, 0.05) is 29.7 Å². The van der Waals surface area contributed by atoms with E-state index in [1.165, 1.54) is 0 Å². The van der Waals surface area contributed by atoms with E-state index >= 15 is 0 Å². The van der Waals surface area contributed by atoms with Gasteiger partial charge in [0.2, 0.25) is 0 Å². The summed E-state index contributed by atoms with van der Waals surface area (Å²) in [5, 5.41) is 10.1. The number of rotatable bonds is 10. The number of ether oxygens (including phenoxy) is 2. The van der Waals surface area contributed by atoms with Crippen molar-refractivity contribution in [2.75, 3.05) is 25.7 Å². The van der Waals surface area contributed by atoms with E-state index in [1.54, 1.807) is 0 Å². The molecule has 29 heavy (non-hydrogen) atoms. The molecular weight excluding hydrogens is 431 g/mol. The van der Waals surface area contributed by atoms with E-state index in [4.69, 9.17) is 49.4 Å². The van der Waals surface area contributed by atoms with E-state index in [2.05, 4.69) is 13.8 Å². The fourth-order valence-corrected chi connectivity index (χ4v) is 3.44. The van der Waals surface area contributed by atoms with Crippen LogP contribution in [0.25, 0.3) is 0 Å². The molecular formula is C23H29Cl3O3. The predicted octanol–water partition coefficient (Wildman–Crippen LogP) is 6.58. The molecule has 0 amide bonds. The van der Waals surface area contributed by atoms with Crippen LogP contribution in [0.3, 0.4) is 0 Å². The fourth-order valence-electron chi connectivity index (χ4n) is 2.75. The van der Waals surface area contributed by atoms with Crippen molar-refractivity contribution >= 4 is 34.8 Å². The molecule has 0 bridgehead atoms. The number of benzene rings is 2. The van der Waals surface area contributed by atoms with Crippen molar-refractivity contribution in [2.45, 2.75) is 33.1 Å². The Kier molecular flexibility index (Phi) is 8.96. The monoisotopic (exact) mass is 458 g/mol. The van der Waals surface area contributed by atoms with E-state index in [-0.39, 0.29) is 23.9 Å². The van der Waals surface area contributed by atoms with Crippen LogP contribution < -0.4 is 9.47 Å². The van der Waals surface area contributed by atoms with Gasteiger partial charge in [0.05, 0.1) is 23.3 Å². The van der Waals surface area contributed by atoms with E-state index in [0.717, 1.165) is 16.9 Å². The van der Waals surface area contributed by atoms with Gasteiger partial charge >= 0.3 is 0 Å². The van der Waals surface area contributed by atoms with Crippen LogP contribution in [0, 0.1) is 11.8 Å². The Labute approximate surface area is 188 Å². The van der Waals surface area contributed by atoms with Crippen LogP contribution in [0.15, 0.2) is 36.4 Å². The van der Waals surface area contributed by atoms with Crippen LogP contribution >= 0.6 is 34.8 Å². The van der Waals surface area contributed by atoms with Crippen molar-refractivity contribution < 1.29 is 14.6 Å². The molecule has 2 atom stereocenters. The second-order valence-corrected chi connectivity index (χ2v) is 9.21. The molecule has 0 saturated heterocycles. The largest absolute Gasteiger partial charge is 0.493 e. The molecule has 0 aromatic heterocycles. The number of hydrogen-bond acceptors (Lipinski definition) is 3. The minimum absolute atomic E-state index is 0.101. The quantitative estimate of drug-likeness (QED) is 0.408. The molecule has 0 saturated carbocycles. The summed E-state index contributed by atoms with van der Waals surface area (Å²) >= 11 is 18.8. The highest BCUT2D eigenvalue weighted by atomic mass is 35.5. The van der Waals surface area contributed by atoms with Gasteiger partial charge in [-0.2, -0.15) is 0 Å². The van der Waals surface area contributed by atoms with Crippen molar-refractivity contribution in [3.63, 3.8) is 0 Å². The lowest BCUT2D eigenvalue weighted by Gasteiger charge is -2.27. The number of alkyl halides is 1. The van der Waals surface area contributed by atoms with E-state index in [1.807, 2.05) is 50.2 Å². The summed E-state index contributed by atoms with van der Waals surface area (Å²) in [5.41, 5.74) is 1.79. The molecule has 0 radical (unpaired) electrons. The van der Waals surface area contributed by atoms with Gasteiger partial charge in [0.25, 0.3) is 0 Å². The van der Waals surface area contributed by atoms with Crippen molar-refractivity contribution in [2.24, 2.45) is 11.8 Å². The third kappa shape index (κ3) is 6.42. The summed E-state index contributed by atoms with van der Waals surface area (Å²) in [6, 6.07) is 11.8. The zero-order valence-corrected chi connectivity index (χ0v) is 19.6. The zero-order valence-electron chi connectivity index (χ0n) is 17.3. The van der Waals surface area contributed by atoms with Gasteiger partial charge in [-0.1, -0.05) is 63.0 Å². The number of hydrogen-bond donors (Lipinski definition) is 1. The second kappa shape index (κ2) is 10.8. The zero-order chi connectivity index (χ0) is 21.6. The van der Waals surface area contributed by atoms with Crippen LogP contribution in [0.5, 0.6) is 11.5 Å². The maximum Gasteiger partial charge on any atom is 0.156 e. The third-order valence-electron chi connectivity index (χ3n) is 4.92. The first-order valence-electron chi connectivity index (χ1n) is 9.71. The molecule has 0 unspecified atom stereocenters. The standard InChI is InChI=1S/C23H29Cl3O3/c1-15(11-24)13-29-22-20(25)9-18(10-21(22)26)23(3,4)17-5-7-19(8-6-17)28-14-16(2)12-27/h5-10,15-16,27H,11-14H2,1-4H3/t15-,16+/m0/s1. The van der Waals surface area contributed by atoms with Crippen molar-refractivity contribution in [3.8, 4) is 11.5 Å². The first kappa shape index (κ1) is 24.1. The molecule has 160 valence electrons. The van der Waals surface area contributed by atoms with Crippen LogP contribution in [-0.2, 0) is 5.41 Å². The van der Waals surface area contributed by atoms with E-state index in [9.17, 15) is 0 Å². The van der Waals surface area contributed by atoms with Gasteiger partial charge in [0.15, 0.2) is 5.75 Å². The second-order valence-electron chi connectivity index (χ2n) is 8.09. The average Bonchev–Trinajstić information content (AvgIpc) is 2.71. The Bertz CT molecular complexity index is 767. The highest BCUT2D eigenvalue weighted by molar-refractivity contribution is 6.37. The molecule has 0 aliphatic heterocycles. The van der Waals surface area contributed by atoms with Crippen LogP contribution in [0.1, 0.15) is 38.8 Å². The normalized spacial score (nSPS) is 13.8. The predicted molar refractivity (Wildman–Crippen MR) is 122 cm³/mol.